The van der Waals surface area contributed by atoms with E-state index in [1.807, 2.05) is 72.7 Å². The van der Waals surface area contributed by atoms with Gasteiger partial charge in [0.25, 0.3) is 0 Å². The number of phenolic OH excluding ortho intramolecular Hbond substituents is 2. The first-order valence-electron chi connectivity index (χ1n) is 9.87. The lowest BCUT2D eigenvalue weighted by molar-refractivity contribution is -0.122. The van der Waals surface area contributed by atoms with Crippen molar-refractivity contribution < 1.29 is 20.5 Å². The van der Waals surface area contributed by atoms with Crippen LogP contribution in [0.3, 0.4) is 0 Å². The Labute approximate surface area is 179 Å². The molecule has 0 spiro atoms. The average Bonchev–Trinajstić information content (AvgIpc) is 2.60. The molecular weight excluding hydrogens is 380 g/mol. The van der Waals surface area contributed by atoms with E-state index in [0.717, 1.165) is 22.3 Å². The maximum absolute atomic E-state index is 12.3. The lowest BCUT2D eigenvalue weighted by atomic mass is 9.70. The summed E-state index contributed by atoms with van der Waals surface area (Å²) in [5, 5.41) is 20.8. The Bertz CT molecular complexity index is 845. The number of rotatable bonds is 4. The average molecular weight is 417 g/mol. The highest BCUT2D eigenvalue weighted by Gasteiger charge is 2.34. The van der Waals surface area contributed by atoms with Gasteiger partial charge >= 0.3 is 0 Å². The van der Waals surface area contributed by atoms with Crippen LogP contribution in [0, 0.1) is 0 Å². The molecule has 0 aliphatic rings. The Hall–Kier alpha value is -2.57. The molecule has 2 aromatic carbocycles. The topological polar surface area (TPSA) is 127 Å². The summed E-state index contributed by atoms with van der Waals surface area (Å²) in [5.74, 6) is 5.57. The zero-order valence-electron chi connectivity index (χ0n) is 19.1. The molecule has 30 heavy (non-hydrogen) atoms. The highest BCUT2D eigenvalue weighted by molar-refractivity contribution is 5.78. The summed E-state index contributed by atoms with van der Waals surface area (Å²) in [6, 6.07) is 11.0. The van der Waals surface area contributed by atoms with Gasteiger partial charge in [0, 0.05) is 11.8 Å². The third-order valence-electron chi connectivity index (χ3n) is 5.56. The third-order valence-corrected chi connectivity index (χ3v) is 5.56. The SMILES string of the molecule is CC(C)(C)c1cc(C(C)(CC(=O)NN)c2ccc(O)c(C(C)(C)C)c2)ccc1O.O. The van der Waals surface area contributed by atoms with Crippen LogP contribution in [0.1, 0.15) is 77.1 Å². The minimum atomic E-state index is -0.704. The summed E-state index contributed by atoms with van der Waals surface area (Å²) in [6.45, 7) is 14.2. The molecule has 0 aliphatic carbocycles. The second-order valence-corrected chi connectivity index (χ2v) is 10.0. The first kappa shape index (κ1) is 25.5. The number of hydrogen-bond acceptors (Lipinski definition) is 4. The van der Waals surface area contributed by atoms with Gasteiger partial charge in [0.1, 0.15) is 11.5 Å². The molecule has 2 aromatic rings. The largest absolute Gasteiger partial charge is 0.508 e. The van der Waals surface area contributed by atoms with Gasteiger partial charge in [-0.1, -0.05) is 72.7 Å². The van der Waals surface area contributed by atoms with Crippen LogP contribution < -0.4 is 11.3 Å². The van der Waals surface area contributed by atoms with E-state index >= 15 is 0 Å². The van der Waals surface area contributed by atoms with Gasteiger partial charge in [0.2, 0.25) is 5.91 Å². The van der Waals surface area contributed by atoms with Crippen LogP contribution >= 0.6 is 0 Å². The number of aromatic hydroxyl groups is 2. The van der Waals surface area contributed by atoms with Gasteiger partial charge in [-0.15, -0.1) is 0 Å². The molecule has 0 aliphatic heterocycles. The zero-order valence-corrected chi connectivity index (χ0v) is 19.1. The fourth-order valence-corrected chi connectivity index (χ4v) is 3.70. The fraction of sp³-hybridized carbons (Fsp3) is 0.458. The molecule has 0 fully saturated rings. The first-order valence-corrected chi connectivity index (χ1v) is 9.87. The van der Waals surface area contributed by atoms with E-state index in [2.05, 4.69) is 5.43 Å². The molecule has 6 nitrogen and oxygen atoms in total. The molecule has 0 atom stereocenters. The van der Waals surface area contributed by atoms with Crippen molar-refractivity contribution in [3.05, 3.63) is 58.7 Å². The normalized spacial score (nSPS) is 12.3. The molecule has 6 heteroatoms. The van der Waals surface area contributed by atoms with E-state index in [-0.39, 0.29) is 40.1 Å². The minimum Gasteiger partial charge on any atom is -0.508 e. The maximum Gasteiger partial charge on any atom is 0.235 e. The number of amides is 1. The van der Waals surface area contributed by atoms with Gasteiger partial charge in [-0.05, 0) is 45.2 Å². The number of nitrogens with one attached hydrogen (secondary N) is 1. The molecule has 0 heterocycles. The molecule has 0 bridgehead atoms. The number of hydrogen-bond donors (Lipinski definition) is 4. The van der Waals surface area contributed by atoms with Gasteiger partial charge in [0.05, 0.1) is 0 Å². The molecule has 7 N–H and O–H groups in total. The zero-order chi connectivity index (χ0) is 22.2. The van der Waals surface area contributed by atoms with Crippen molar-refractivity contribution in [2.24, 2.45) is 5.84 Å². The predicted octanol–water partition coefficient (Wildman–Crippen LogP) is 3.55. The number of carbonyl (C=O) groups excluding carboxylic acids is 1. The van der Waals surface area contributed by atoms with Gasteiger partial charge in [0.15, 0.2) is 0 Å². The lowest BCUT2D eigenvalue weighted by Gasteiger charge is -2.33. The van der Waals surface area contributed by atoms with Gasteiger partial charge in [-0.25, -0.2) is 5.84 Å². The minimum absolute atomic E-state index is 0. The Morgan fingerprint density at radius 3 is 1.50 bits per heavy atom. The lowest BCUT2D eigenvalue weighted by Crippen LogP contribution is -2.37. The maximum atomic E-state index is 12.3. The van der Waals surface area contributed by atoms with Crippen molar-refractivity contribution in [2.75, 3.05) is 0 Å². The van der Waals surface area contributed by atoms with Crippen molar-refractivity contribution in [2.45, 2.75) is 71.1 Å². The van der Waals surface area contributed by atoms with Crippen molar-refractivity contribution in [3.63, 3.8) is 0 Å². The van der Waals surface area contributed by atoms with Crippen LogP contribution in [0.2, 0.25) is 0 Å². The number of nitrogens with two attached hydrogens (primary N) is 1. The Morgan fingerprint density at radius 2 is 1.20 bits per heavy atom. The molecule has 1 amide bonds. The standard InChI is InChI=1S/C24H34N2O3.H2O/c1-22(2,3)17-12-15(8-10-19(17)27)24(7,14-21(29)26-25)16-9-11-20(28)18(13-16)23(4,5)6;/h8-13,27-28H,14,25H2,1-7H3,(H,26,29);1H2. The second-order valence-electron chi connectivity index (χ2n) is 10.0. The van der Waals surface area contributed by atoms with Crippen LogP contribution in [0.25, 0.3) is 0 Å². The Kier molecular flexibility index (Phi) is 7.35. The Balaban J connectivity index is 0.00000450. The van der Waals surface area contributed by atoms with E-state index in [1.165, 1.54) is 0 Å². The molecule has 166 valence electrons. The third kappa shape index (κ3) is 5.12. The van der Waals surface area contributed by atoms with E-state index in [9.17, 15) is 15.0 Å². The van der Waals surface area contributed by atoms with E-state index in [4.69, 9.17) is 5.84 Å². The summed E-state index contributed by atoms with van der Waals surface area (Å²) in [5.41, 5.74) is 4.42. The monoisotopic (exact) mass is 416 g/mol. The molecule has 0 saturated carbocycles. The van der Waals surface area contributed by atoms with Crippen LogP contribution in [-0.2, 0) is 21.0 Å². The smallest absolute Gasteiger partial charge is 0.235 e. The van der Waals surface area contributed by atoms with Crippen LogP contribution in [0.15, 0.2) is 36.4 Å². The van der Waals surface area contributed by atoms with Crippen molar-refractivity contribution in [1.29, 1.82) is 0 Å². The number of benzene rings is 2. The van der Waals surface area contributed by atoms with Crippen molar-refractivity contribution >= 4 is 5.91 Å². The number of carbonyl (C=O) groups is 1. The highest BCUT2D eigenvalue weighted by Crippen LogP contribution is 2.42. The van der Waals surface area contributed by atoms with Crippen LogP contribution in [-0.4, -0.2) is 21.6 Å². The van der Waals surface area contributed by atoms with Crippen molar-refractivity contribution in [1.82, 2.24) is 5.43 Å². The molecule has 2 rings (SSSR count). The molecule has 0 aromatic heterocycles. The van der Waals surface area contributed by atoms with E-state index < -0.39 is 5.41 Å². The van der Waals surface area contributed by atoms with Crippen LogP contribution in [0.5, 0.6) is 11.5 Å². The summed E-state index contributed by atoms with van der Waals surface area (Å²) in [7, 11) is 0. The predicted molar refractivity (Wildman–Crippen MR) is 121 cm³/mol. The van der Waals surface area contributed by atoms with Gasteiger partial charge in [-0.3, -0.25) is 10.2 Å². The van der Waals surface area contributed by atoms with Crippen molar-refractivity contribution in [3.8, 4) is 11.5 Å². The second kappa shape index (κ2) is 8.66. The molecule has 0 unspecified atom stereocenters. The van der Waals surface area contributed by atoms with Crippen LogP contribution in [0.4, 0.5) is 0 Å². The quantitative estimate of drug-likeness (QED) is 0.345. The molecule has 0 radical (unpaired) electrons. The fourth-order valence-electron chi connectivity index (χ4n) is 3.70. The highest BCUT2D eigenvalue weighted by atomic mass is 16.3. The number of phenols is 2. The summed E-state index contributed by atoms with van der Waals surface area (Å²) in [4.78, 5) is 12.3. The molecular formula is C24H36N2O4. The van der Waals surface area contributed by atoms with E-state index in [0.29, 0.717) is 0 Å². The first-order chi connectivity index (χ1) is 13.2. The summed E-state index contributed by atoms with van der Waals surface area (Å²) < 4.78 is 0. The van der Waals surface area contributed by atoms with E-state index in [1.54, 1.807) is 12.1 Å². The molecule has 0 saturated heterocycles. The summed E-state index contributed by atoms with van der Waals surface area (Å²) in [6.07, 6.45) is 0.131. The Morgan fingerprint density at radius 1 is 0.833 bits per heavy atom. The number of hydrazine groups is 1. The van der Waals surface area contributed by atoms with Gasteiger partial charge < -0.3 is 15.7 Å². The van der Waals surface area contributed by atoms with Gasteiger partial charge in [-0.2, -0.15) is 0 Å². The summed E-state index contributed by atoms with van der Waals surface area (Å²) >= 11 is 0.